The zero-order chi connectivity index (χ0) is 17.6. The van der Waals surface area contributed by atoms with Crippen LogP contribution >= 0.6 is 0 Å². The third-order valence-corrected chi connectivity index (χ3v) is 3.90. The van der Waals surface area contributed by atoms with Crippen LogP contribution in [-0.2, 0) is 0 Å². The topological polar surface area (TPSA) is 66.9 Å². The van der Waals surface area contributed by atoms with Crippen molar-refractivity contribution in [3.05, 3.63) is 26.9 Å². The van der Waals surface area contributed by atoms with Crippen LogP contribution in [0.1, 0.15) is 59.4 Å². The molecule has 1 saturated carbocycles. The number of hydrogen-bond donors (Lipinski definition) is 2. The van der Waals surface area contributed by atoms with Gasteiger partial charge in [0.05, 0.1) is 0 Å². The first-order valence-electron chi connectivity index (χ1n) is 8.26. The highest BCUT2D eigenvalue weighted by atomic mass is 19.3. The first kappa shape index (κ1) is 19.4. The molecule has 0 radical (unpaired) electrons. The Labute approximate surface area is 135 Å². The van der Waals surface area contributed by atoms with Crippen LogP contribution in [0.3, 0.4) is 0 Å². The summed E-state index contributed by atoms with van der Waals surface area (Å²) in [6.07, 6.45) is 0.718. The van der Waals surface area contributed by atoms with Gasteiger partial charge in [0, 0.05) is 31.5 Å². The molecule has 0 atom stereocenters. The van der Waals surface area contributed by atoms with Crippen LogP contribution in [0.15, 0.2) is 15.7 Å². The number of aromatic amines is 1. The molecule has 23 heavy (non-hydrogen) atoms. The molecule has 0 aromatic carbocycles. The van der Waals surface area contributed by atoms with Crippen LogP contribution in [0.2, 0.25) is 0 Å². The van der Waals surface area contributed by atoms with E-state index in [9.17, 15) is 18.4 Å². The molecule has 1 aliphatic carbocycles. The molecule has 132 valence electrons. The first-order valence-corrected chi connectivity index (χ1v) is 8.26. The molecule has 2 N–H and O–H groups in total. The lowest BCUT2D eigenvalue weighted by molar-refractivity contribution is -0.0443. The fraction of sp³-hybridized carbons (Fsp3) is 0.750. The lowest BCUT2D eigenvalue weighted by atomic mass is 9.87. The summed E-state index contributed by atoms with van der Waals surface area (Å²) in [5.74, 6) is -2.05. The number of nitrogens with one attached hydrogen (secondary N) is 2. The molecule has 1 aliphatic rings. The van der Waals surface area contributed by atoms with E-state index in [4.69, 9.17) is 0 Å². The number of nitrogens with zero attached hydrogens (tertiary/aromatic N) is 1. The van der Waals surface area contributed by atoms with Crippen molar-refractivity contribution in [3.63, 3.8) is 0 Å². The van der Waals surface area contributed by atoms with Crippen molar-refractivity contribution in [2.24, 2.45) is 5.92 Å². The molecule has 2 rings (SSSR count). The van der Waals surface area contributed by atoms with Crippen LogP contribution in [0, 0.1) is 5.92 Å². The number of halogens is 2. The van der Waals surface area contributed by atoms with Crippen molar-refractivity contribution >= 4 is 5.82 Å². The summed E-state index contributed by atoms with van der Waals surface area (Å²) >= 11 is 0. The van der Waals surface area contributed by atoms with E-state index in [0.29, 0.717) is 25.2 Å². The fourth-order valence-electron chi connectivity index (χ4n) is 2.65. The molecule has 0 saturated heterocycles. The zero-order valence-electron chi connectivity index (χ0n) is 14.3. The second-order valence-corrected chi connectivity index (χ2v) is 5.97. The Kier molecular flexibility index (Phi) is 6.97. The Balaban J connectivity index is 0.00000127. The van der Waals surface area contributed by atoms with E-state index >= 15 is 0 Å². The molecular formula is C16H27F2N3O2. The van der Waals surface area contributed by atoms with E-state index in [-0.39, 0.29) is 30.4 Å². The number of alkyl halides is 2. The second kappa shape index (κ2) is 8.26. The van der Waals surface area contributed by atoms with Crippen LogP contribution in [0.25, 0.3) is 0 Å². The van der Waals surface area contributed by atoms with Crippen LogP contribution in [0.4, 0.5) is 14.6 Å². The predicted molar refractivity (Wildman–Crippen MR) is 88.5 cm³/mol. The Bertz CT molecular complexity index is 567. The third-order valence-electron chi connectivity index (χ3n) is 3.90. The highest BCUT2D eigenvalue weighted by molar-refractivity contribution is 5.32. The molecule has 0 spiro atoms. The van der Waals surface area contributed by atoms with Crippen LogP contribution < -0.4 is 16.6 Å². The number of rotatable bonds is 4. The van der Waals surface area contributed by atoms with Crippen molar-refractivity contribution in [1.29, 1.82) is 0 Å². The highest BCUT2D eigenvalue weighted by Crippen LogP contribution is 2.35. The quantitative estimate of drug-likeness (QED) is 0.889. The standard InChI is InChI=1S/C14H21F2N3O2.C2H6/c1-9(2)19-12(20)7-11(18-13(19)21)17-8-10-3-5-14(15,16)6-4-10;1-2/h7,9-10,17H,3-6,8H2,1-2H3,(H,18,21);1-2H3. The molecule has 0 aliphatic heterocycles. The maximum atomic E-state index is 13.1. The van der Waals surface area contributed by atoms with Gasteiger partial charge in [0.15, 0.2) is 0 Å². The molecule has 1 heterocycles. The van der Waals surface area contributed by atoms with Gasteiger partial charge in [0.1, 0.15) is 5.82 Å². The molecular weight excluding hydrogens is 304 g/mol. The van der Waals surface area contributed by atoms with Gasteiger partial charge in [-0.15, -0.1) is 0 Å². The maximum absolute atomic E-state index is 13.1. The molecule has 1 aromatic heterocycles. The first-order chi connectivity index (χ1) is 10.8. The summed E-state index contributed by atoms with van der Waals surface area (Å²) in [6.45, 7) is 8.00. The third kappa shape index (κ3) is 5.48. The molecule has 0 unspecified atom stereocenters. The van der Waals surface area contributed by atoms with Crippen molar-refractivity contribution in [1.82, 2.24) is 9.55 Å². The van der Waals surface area contributed by atoms with Gasteiger partial charge >= 0.3 is 5.69 Å². The van der Waals surface area contributed by atoms with Crippen LogP contribution in [-0.4, -0.2) is 22.0 Å². The van der Waals surface area contributed by atoms with Gasteiger partial charge in [-0.05, 0) is 32.6 Å². The maximum Gasteiger partial charge on any atom is 0.330 e. The van der Waals surface area contributed by atoms with Crippen molar-refractivity contribution in [3.8, 4) is 0 Å². The minimum atomic E-state index is -2.54. The summed E-state index contributed by atoms with van der Waals surface area (Å²) in [5, 5.41) is 2.98. The van der Waals surface area contributed by atoms with Crippen molar-refractivity contribution in [2.75, 3.05) is 11.9 Å². The van der Waals surface area contributed by atoms with E-state index in [2.05, 4.69) is 10.3 Å². The summed E-state index contributed by atoms with van der Waals surface area (Å²) in [6, 6.07) is 1.12. The number of hydrogen-bond acceptors (Lipinski definition) is 3. The number of anilines is 1. The summed E-state index contributed by atoms with van der Waals surface area (Å²) in [7, 11) is 0. The SMILES string of the molecule is CC.CC(C)n1c(=O)cc(NCC2CCC(F)(F)CC2)[nH]c1=O. The van der Waals surface area contributed by atoms with Gasteiger partial charge in [-0.1, -0.05) is 13.8 Å². The summed E-state index contributed by atoms with van der Waals surface area (Å²) < 4.78 is 27.2. The molecule has 0 amide bonds. The van der Waals surface area contributed by atoms with Crippen molar-refractivity contribution in [2.45, 2.75) is 65.3 Å². The van der Waals surface area contributed by atoms with Gasteiger partial charge in [0.2, 0.25) is 5.92 Å². The average Bonchev–Trinajstić information content (AvgIpc) is 2.47. The Morgan fingerprint density at radius 2 is 1.87 bits per heavy atom. The van der Waals surface area contributed by atoms with Gasteiger partial charge in [0.25, 0.3) is 5.56 Å². The Morgan fingerprint density at radius 1 is 1.30 bits per heavy atom. The minimum absolute atomic E-state index is 0.0924. The Hall–Kier alpha value is -1.66. The van der Waals surface area contributed by atoms with E-state index in [0.717, 1.165) is 4.57 Å². The van der Waals surface area contributed by atoms with Gasteiger partial charge in [-0.2, -0.15) is 0 Å². The smallest absolute Gasteiger partial charge is 0.330 e. The monoisotopic (exact) mass is 331 g/mol. The summed E-state index contributed by atoms with van der Waals surface area (Å²) in [5.41, 5.74) is -0.832. The lowest BCUT2D eigenvalue weighted by Crippen LogP contribution is -2.36. The van der Waals surface area contributed by atoms with Crippen molar-refractivity contribution < 1.29 is 8.78 Å². The number of aromatic nitrogens is 2. The van der Waals surface area contributed by atoms with E-state index in [1.165, 1.54) is 6.07 Å². The van der Waals surface area contributed by atoms with Crippen LogP contribution in [0.5, 0.6) is 0 Å². The predicted octanol–water partition coefficient (Wildman–Crippen LogP) is 3.38. The lowest BCUT2D eigenvalue weighted by Gasteiger charge is -2.28. The molecule has 5 nitrogen and oxygen atoms in total. The van der Waals surface area contributed by atoms with E-state index in [1.54, 1.807) is 13.8 Å². The Morgan fingerprint density at radius 3 is 2.35 bits per heavy atom. The molecule has 1 aromatic rings. The second-order valence-electron chi connectivity index (χ2n) is 5.97. The normalized spacial score (nSPS) is 17.5. The number of H-pyrrole nitrogens is 1. The minimum Gasteiger partial charge on any atom is -0.371 e. The van der Waals surface area contributed by atoms with Gasteiger partial charge in [-0.3, -0.25) is 14.3 Å². The highest BCUT2D eigenvalue weighted by Gasteiger charge is 2.34. The fourth-order valence-corrected chi connectivity index (χ4v) is 2.65. The van der Waals surface area contributed by atoms with E-state index < -0.39 is 11.6 Å². The largest absolute Gasteiger partial charge is 0.371 e. The molecule has 1 fully saturated rings. The van der Waals surface area contributed by atoms with E-state index in [1.807, 2.05) is 13.8 Å². The average molecular weight is 331 g/mol. The van der Waals surface area contributed by atoms with Gasteiger partial charge in [-0.25, -0.2) is 13.6 Å². The summed E-state index contributed by atoms with van der Waals surface area (Å²) in [4.78, 5) is 26.3. The zero-order valence-corrected chi connectivity index (χ0v) is 14.3. The molecule has 7 heteroatoms. The molecule has 0 bridgehead atoms. The van der Waals surface area contributed by atoms with Gasteiger partial charge < -0.3 is 5.32 Å².